The molecule has 0 N–H and O–H groups in total. The molecule has 0 aromatic heterocycles. The zero-order chi connectivity index (χ0) is 11.3. The highest BCUT2D eigenvalue weighted by Crippen LogP contribution is 2.26. The normalized spacial score (nSPS) is 15.9. The maximum Gasteiger partial charge on any atom is 0.118 e. The van der Waals surface area contributed by atoms with Crippen LogP contribution in [-0.4, -0.2) is 13.7 Å². The fraction of sp³-hybridized carbons (Fsp3) is 0.300. The summed E-state index contributed by atoms with van der Waals surface area (Å²) in [6.07, 6.45) is 5.78. The molecule has 0 fully saturated rings. The number of hydrogen-bond donors (Lipinski definition) is 0. The Morgan fingerprint density at radius 1 is 1.53 bits per heavy atom. The molecular weight excluding hydrogens is 258 g/mol. The van der Waals surface area contributed by atoms with Crippen molar-refractivity contribution in [1.29, 1.82) is 0 Å². The highest BCUT2D eigenvalue weighted by Gasteiger charge is 2.13. The van der Waals surface area contributed by atoms with Crippen LogP contribution in [0.25, 0.3) is 0 Å². The van der Waals surface area contributed by atoms with E-state index in [2.05, 4.69) is 0 Å². The van der Waals surface area contributed by atoms with Gasteiger partial charge in [-0.15, -0.1) is 0 Å². The van der Waals surface area contributed by atoms with Gasteiger partial charge in [0, 0.05) is 12.8 Å². The van der Waals surface area contributed by atoms with Gasteiger partial charge in [-0.1, -0.05) is 34.8 Å². The van der Waals surface area contributed by atoms with Crippen LogP contribution in [0, 0.1) is 6.42 Å². The van der Waals surface area contributed by atoms with Crippen LogP contribution in [0.5, 0.6) is 0 Å². The highest BCUT2D eigenvalue weighted by molar-refractivity contribution is 6.55. The van der Waals surface area contributed by atoms with Crippen LogP contribution in [0.1, 0.15) is 6.42 Å². The summed E-state index contributed by atoms with van der Waals surface area (Å²) in [4.78, 5) is 0. The van der Waals surface area contributed by atoms with Crippen LogP contribution in [-0.2, 0) is 9.47 Å². The Balaban J connectivity index is 2.52. The third-order valence-corrected chi connectivity index (χ3v) is 2.34. The van der Waals surface area contributed by atoms with Gasteiger partial charge in [-0.25, -0.2) is 0 Å². The Labute approximate surface area is 104 Å². The van der Waals surface area contributed by atoms with Gasteiger partial charge in [-0.3, -0.25) is 0 Å². The summed E-state index contributed by atoms with van der Waals surface area (Å²) in [5.41, 5.74) is 0. The van der Waals surface area contributed by atoms with Gasteiger partial charge in [0.05, 0.1) is 17.9 Å². The number of halogens is 3. The average Bonchev–Trinajstić information content (AvgIpc) is 2.17. The molecule has 15 heavy (non-hydrogen) atoms. The van der Waals surface area contributed by atoms with E-state index in [1.807, 2.05) is 6.42 Å². The lowest BCUT2D eigenvalue weighted by Crippen LogP contribution is -2.02. The maximum absolute atomic E-state index is 5.92. The second-order valence-corrected chi connectivity index (χ2v) is 4.16. The topological polar surface area (TPSA) is 18.5 Å². The molecule has 0 aliphatic heterocycles. The molecule has 2 nitrogen and oxygen atoms in total. The first-order valence-electron chi connectivity index (χ1n) is 4.25. The van der Waals surface area contributed by atoms with Crippen molar-refractivity contribution in [2.75, 3.05) is 13.7 Å². The van der Waals surface area contributed by atoms with Gasteiger partial charge in [-0.05, 0) is 12.2 Å². The molecule has 0 saturated carbocycles. The van der Waals surface area contributed by atoms with E-state index >= 15 is 0 Å². The van der Waals surface area contributed by atoms with Crippen LogP contribution in [0.4, 0.5) is 0 Å². The smallest absolute Gasteiger partial charge is 0.118 e. The van der Waals surface area contributed by atoms with E-state index in [4.69, 9.17) is 44.3 Å². The Hall–Kier alpha value is -0.310. The molecule has 1 rings (SSSR count). The second kappa shape index (κ2) is 6.31. The van der Waals surface area contributed by atoms with E-state index in [1.165, 1.54) is 0 Å². The van der Waals surface area contributed by atoms with E-state index in [-0.39, 0.29) is 4.49 Å². The molecule has 0 bridgehead atoms. The van der Waals surface area contributed by atoms with Crippen LogP contribution in [0.3, 0.4) is 0 Å². The first-order valence-corrected chi connectivity index (χ1v) is 5.38. The van der Waals surface area contributed by atoms with Gasteiger partial charge in [0.15, 0.2) is 0 Å². The van der Waals surface area contributed by atoms with Crippen molar-refractivity contribution in [2.24, 2.45) is 0 Å². The molecule has 83 valence electrons. The molecule has 1 aliphatic rings. The predicted molar refractivity (Wildman–Crippen MR) is 62.6 cm³/mol. The summed E-state index contributed by atoms with van der Waals surface area (Å²) in [6.45, 7) is 0.328. The van der Waals surface area contributed by atoms with Gasteiger partial charge in [-0.2, -0.15) is 0 Å². The summed E-state index contributed by atoms with van der Waals surface area (Å²) in [5, 5.41) is 0.528. The largest absolute Gasteiger partial charge is 0.499 e. The number of hydrogen-bond acceptors (Lipinski definition) is 2. The van der Waals surface area contributed by atoms with Crippen molar-refractivity contribution >= 4 is 34.8 Å². The summed E-state index contributed by atoms with van der Waals surface area (Å²) < 4.78 is 10.6. The monoisotopic (exact) mass is 267 g/mol. The molecule has 0 atom stereocenters. The first-order chi connectivity index (χ1) is 7.13. The average molecular weight is 269 g/mol. The van der Waals surface area contributed by atoms with Crippen molar-refractivity contribution in [1.82, 2.24) is 0 Å². The number of methoxy groups -OCH3 is 1. The van der Waals surface area contributed by atoms with E-state index in [9.17, 15) is 0 Å². The standard InChI is InChI=1S/C10H10Cl3O2/c1-14-9-3-2-7(6-8(9)11)15-5-4-10(12)13/h3-4,6H,2,5H2,1H3. The number of ether oxygens (including phenoxy) is 2. The Morgan fingerprint density at radius 3 is 2.80 bits per heavy atom. The number of allylic oxidation sites excluding steroid dienone is 4. The zero-order valence-corrected chi connectivity index (χ0v) is 10.4. The Morgan fingerprint density at radius 2 is 2.27 bits per heavy atom. The Bertz CT molecular complexity index is 315. The van der Waals surface area contributed by atoms with Crippen LogP contribution >= 0.6 is 34.8 Å². The maximum atomic E-state index is 5.92. The molecular formula is C10H10Cl3O2. The summed E-state index contributed by atoms with van der Waals surface area (Å²) in [7, 11) is 1.57. The third kappa shape index (κ3) is 4.37. The van der Waals surface area contributed by atoms with E-state index in [0.717, 1.165) is 5.76 Å². The molecule has 0 heterocycles. The summed E-state index contributed by atoms with van der Waals surface area (Å²) >= 11 is 16.8. The molecule has 0 saturated heterocycles. The minimum atomic E-state index is 0.189. The van der Waals surface area contributed by atoms with Crippen LogP contribution in [0.2, 0.25) is 0 Å². The molecule has 5 heteroatoms. The lowest BCUT2D eigenvalue weighted by atomic mass is 10.1. The van der Waals surface area contributed by atoms with Gasteiger partial charge >= 0.3 is 0 Å². The lowest BCUT2D eigenvalue weighted by molar-refractivity contribution is 0.231. The van der Waals surface area contributed by atoms with Crippen molar-refractivity contribution < 1.29 is 9.47 Å². The first kappa shape index (κ1) is 12.8. The van der Waals surface area contributed by atoms with Crippen molar-refractivity contribution in [3.05, 3.63) is 39.6 Å². The van der Waals surface area contributed by atoms with E-state index in [0.29, 0.717) is 23.8 Å². The molecule has 0 unspecified atom stereocenters. The van der Waals surface area contributed by atoms with Crippen LogP contribution < -0.4 is 0 Å². The third-order valence-electron chi connectivity index (χ3n) is 1.74. The molecule has 1 aliphatic carbocycles. The molecule has 0 amide bonds. The zero-order valence-electron chi connectivity index (χ0n) is 8.10. The summed E-state index contributed by atoms with van der Waals surface area (Å²) in [5.74, 6) is 1.42. The van der Waals surface area contributed by atoms with Gasteiger partial charge in [0.25, 0.3) is 0 Å². The minimum Gasteiger partial charge on any atom is -0.499 e. The predicted octanol–water partition coefficient (Wildman–Crippen LogP) is 3.91. The second-order valence-electron chi connectivity index (χ2n) is 2.74. The van der Waals surface area contributed by atoms with Crippen LogP contribution in [0.15, 0.2) is 33.2 Å². The quantitative estimate of drug-likeness (QED) is 0.769. The SMILES string of the molecule is COC1=C(Cl)C=C(OCC=C(Cl)Cl)C[CH]1. The highest BCUT2D eigenvalue weighted by atomic mass is 35.5. The summed E-state index contributed by atoms with van der Waals surface area (Å²) in [6, 6.07) is 0. The fourth-order valence-corrected chi connectivity index (χ4v) is 1.46. The minimum absolute atomic E-state index is 0.189. The van der Waals surface area contributed by atoms with E-state index < -0.39 is 0 Å². The van der Waals surface area contributed by atoms with E-state index in [1.54, 1.807) is 19.3 Å². The van der Waals surface area contributed by atoms with Crippen molar-refractivity contribution in [3.8, 4) is 0 Å². The van der Waals surface area contributed by atoms with Crippen molar-refractivity contribution in [3.63, 3.8) is 0 Å². The van der Waals surface area contributed by atoms with Gasteiger partial charge in [0.1, 0.15) is 16.9 Å². The molecule has 0 spiro atoms. The lowest BCUT2D eigenvalue weighted by Gasteiger charge is -2.15. The van der Waals surface area contributed by atoms with Gasteiger partial charge < -0.3 is 9.47 Å². The van der Waals surface area contributed by atoms with Crippen molar-refractivity contribution in [2.45, 2.75) is 6.42 Å². The van der Waals surface area contributed by atoms with Gasteiger partial charge in [0.2, 0.25) is 0 Å². The molecule has 0 aromatic carbocycles. The molecule has 0 aromatic rings. The fourth-order valence-electron chi connectivity index (χ4n) is 1.06. The molecule has 1 radical (unpaired) electrons. The number of rotatable bonds is 4. The Kier molecular flexibility index (Phi) is 5.37.